The van der Waals surface area contributed by atoms with Gasteiger partial charge in [-0.15, -0.1) is 0 Å². The molecule has 8 nitrogen and oxygen atoms in total. The summed E-state index contributed by atoms with van der Waals surface area (Å²) >= 11 is 0. The third kappa shape index (κ3) is 5.75. The number of likely N-dealkylation sites (N-methyl/N-ethyl adjacent to an activating group) is 1. The maximum absolute atomic E-state index is 13.3. The summed E-state index contributed by atoms with van der Waals surface area (Å²) in [6.07, 6.45) is 2.88. The summed E-state index contributed by atoms with van der Waals surface area (Å²) in [5.74, 6) is 0.0779. The average molecular weight is 497 g/mol. The predicted octanol–water partition coefficient (Wildman–Crippen LogP) is 3.44. The lowest BCUT2D eigenvalue weighted by molar-refractivity contribution is -0.139. The third-order valence-corrected chi connectivity index (χ3v) is 7.38. The summed E-state index contributed by atoms with van der Waals surface area (Å²) in [7, 11) is 1.70. The molecule has 4 rings (SSSR count). The molecule has 1 unspecified atom stereocenters. The number of carbonyl (C=O) groups is 3. The van der Waals surface area contributed by atoms with E-state index >= 15 is 0 Å². The first-order chi connectivity index (χ1) is 17.1. The highest BCUT2D eigenvalue weighted by Crippen LogP contribution is 2.34. The Kier molecular flexibility index (Phi) is 7.73. The van der Waals surface area contributed by atoms with Crippen molar-refractivity contribution in [2.24, 2.45) is 5.92 Å². The normalized spacial score (nSPS) is 21.8. The number of esters is 1. The van der Waals surface area contributed by atoms with Crippen LogP contribution in [0.2, 0.25) is 0 Å². The van der Waals surface area contributed by atoms with Gasteiger partial charge < -0.3 is 15.0 Å². The number of ether oxygens (including phenoxy) is 1. The zero-order chi connectivity index (χ0) is 26.0. The molecular formula is C28H40N4O4. The van der Waals surface area contributed by atoms with Gasteiger partial charge in [-0.1, -0.05) is 45.0 Å². The van der Waals surface area contributed by atoms with Gasteiger partial charge in [0.25, 0.3) is 0 Å². The molecule has 0 bridgehead atoms. The van der Waals surface area contributed by atoms with Gasteiger partial charge in [-0.2, -0.15) is 0 Å². The van der Waals surface area contributed by atoms with E-state index < -0.39 is 12.0 Å². The molecule has 1 saturated heterocycles. The molecule has 1 aromatic carbocycles. The van der Waals surface area contributed by atoms with Crippen molar-refractivity contribution in [3.05, 3.63) is 46.7 Å². The van der Waals surface area contributed by atoms with Crippen molar-refractivity contribution in [2.45, 2.75) is 58.4 Å². The van der Waals surface area contributed by atoms with Gasteiger partial charge >= 0.3 is 12.0 Å². The molecule has 2 fully saturated rings. The SMILES string of the molecule is CCOC(=O)C1=C(CN2CCCN(C(=O)C3CC3)CC2)N(C)C(=O)NC1c1ccc(C(C)(C)C)cc1. The number of hydrogen-bond donors (Lipinski definition) is 1. The monoisotopic (exact) mass is 496 g/mol. The summed E-state index contributed by atoms with van der Waals surface area (Å²) in [6.45, 7) is 11.9. The Bertz CT molecular complexity index is 1020. The fraction of sp³-hybridized carbons (Fsp3) is 0.607. The number of nitrogens with one attached hydrogen (secondary N) is 1. The highest BCUT2D eigenvalue weighted by Gasteiger charge is 2.38. The standard InChI is InChI=1S/C28H40N4O4/c1-6-36-26(34)23-22(18-31-14-7-15-32(17-16-31)25(33)20-8-9-20)30(5)27(35)29-24(23)19-10-12-21(13-11-19)28(2,3)4/h10-13,20,24H,6-9,14-18H2,1-5H3,(H,29,35). The van der Waals surface area contributed by atoms with Crippen LogP contribution in [-0.4, -0.2) is 79.0 Å². The second-order valence-electron chi connectivity index (χ2n) is 11.1. The van der Waals surface area contributed by atoms with Crippen molar-refractivity contribution >= 4 is 17.9 Å². The van der Waals surface area contributed by atoms with Crippen LogP contribution >= 0.6 is 0 Å². The minimum atomic E-state index is -0.586. The molecule has 1 aliphatic carbocycles. The number of urea groups is 1. The van der Waals surface area contributed by atoms with Gasteiger partial charge in [0.1, 0.15) is 0 Å². The van der Waals surface area contributed by atoms with E-state index in [1.807, 2.05) is 17.0 Å². The summed E-state index contributed by atoms with van der Waals surface area (Å²) < 4.78 is 5.47. The fourth-order valence-electron chi connectivity index (χ4n) is 4.97. The van der Waals surface area contributed by atoms with Crippen LogP contribution in [0.25, 0.3) is 0 Å². The molecule has 2 aliphatic heterocycles. The van der Waals surface area contributed by atoms with E-state index in [0.717, 1.165) is 37.9 Å². The van der Waals surface area contributed by atoms with Crippen LogP contribution in [0.4, 0.5) is 4.79 Å². The average Bonchev–Trinajstić information content (AvgIpc) is 3.69. The zero-order valence-electron chi connectivity index (χ0n) is 22.3. The lowest BCUT2D eigenvalue weighted by atomic mass is 9.85. The summed E-state index contributed by atoms with van der Waals surface area (Å²) in [5.41, 5.74) is 3.16. The molecule has 1 saturated carbocycles. The van der Waals surface area contributed by atoms with Crippen LogP contribution in [0, 0.1) is 5.92 Å². The molecule has 1 N–H and O–H groups in total. The minimum absolute atomic E-state index is 0.00107. The molecule has 1 aromatic rings. The topological polar surface area (TPSA) is 82.2 Å². The van der Waals surface area contributed by atoms with Gasteiger partial charge in [-0.25, -0.2) is 9.59 Å². The van der Waals surface area contributed by atoms with E-state index in [4.69, 9.17) is 4.74 Å². The molecule has 0 radical (unpaired) electrons. The number of carbonyl (C=O) groups excluding carboxylic acids is 3. The molecule has 0 spiro atoms. The lowest BCUT2D eigenvalue weighted by Gasteiger charge is -2.36. The van der Waals surface area contributed by atoms with Crippen LogP contribution in [0.1, 0.15) is 64.1 Å². The zero-order valence-corrected chi connectivity index (χ0v) is 22.3. The van der Waals surface area contributed by atoms with Gasteiger partial charge in [0.05, 0.1) is 18.2 Å². The first kappa shape index (κ1) is 26.2. The Hall–Kier alpha value is -2.87. The highest BCUT2D eigenvalue weighted by atomic mass is 16.5. The lowest BCUT2D eigenvalue weighted by Crippen LogP contribution is -2.49. The summed E-state index contributed by atoms with van der Waals surface area (Å²) in [5, 5.41) is 3.01. The Balaban J connectivity index is 1.62. The number of amides is 3. The molecule has 0 aromatic heterocycles. The summed E-state index contributed by atoms with van der Waals surface area (Å²) in [4.78, 5) is 44.6. The Morgan fingerprint density at radius 2 is 1.75 bits per heavy atom. The molecule has 3 amide bonds. The first-order valence-corrected chi connectivity index (χ1v) is 13.2. The van der Waals surface area contributed by atoms with Crippen molar-refractivity contribution < 1.29 is 19.1 Å². The fourth-order valence-corrected chi connectivity index (χ4v) is 4.97. The molecule has 36 heavy (non-hydrogen) atoms. The van der Waals surface area contributed by atoms with Gasteiger partial charge in [0.15, 0.2) is 0 Å². The second-order valence-corrected chi connectivity index (χ2v) is 11.1. The number of hydrogen-bond acceptors (Lipinski definition) is 5. The van der Waals surface area contributed by atoms with E-state index in [1.165, 1.54) is 10.5 Å². The van der Waals surface area contributed by atoms with E-state index in [2.05, 4.69) is 43.1 Å². The van der Waals surface area contributed by atoms with E-state index in [9.17, 15) is 14.4 Å². The molecule has 3 aliphatic rings. The second kappa shape index (κ2) is 10.6. The Morgan fingerprint density at radius 3 is 2.36 bits per heavy atom. The van der Waals surface area contributed by atoms with Crippen molar-refractivity contribution in [3.63, 3.8) is 0 Å². The van der Waals surface area contributed by atoms with E-state index in [1.54, 1.807) is 14.0 Å². The largest absolute Gasteiger partial charge is 0.463 e. The maximum Gasteiger partial charge on any atom is 0.338 e. The molecule has 196 valence electrons. The van der Waals surface area contributed by atoms with Crippen LogP contribution < -0.4 is 5.32 Å². The van der Waals surface area contributed by atoms with Crippen molar-refractivity contribution in [3.8, 4) is 0 Å². The van der Waals surface area contributed by atoms with Crippen molar-refractivity contribution in [1.29, 1.82) is 0 Å². The van der Waals surface area contributed by atoms with Crippen LogP contribution in [-0.2, 0) is 19.7 Å². The third-order valence-electron chi connectivity index (χ3n) is 7.38. The number of rotatable bonds is 6. The summed E-state index contributed by atoms with van der Waals surface area (Å²) in [6, 6.07) is 7.26. The van der Waals surface area contributed by atoms with Crippen LogP contribution in [0.15, 0.2) is 35.5 Å². The molecule has 2 heterocycles. The maximum atomic E-state index is 13.3. The smallest absolute Gasteiger partial charge is 0.338 e. The van der Waals surface area contributed by atoms with Crippen LogP contribution in [0.5, 0.6) is 0 Å². The molecule has 8 heteroatoms. The highest BCUT2D eigenvalue weighted by molar-refractivity contribution is 5.95. The molecular weight excluding hydrogens is 456 g/mol. The van der Waals surface area contributed by atoms with Gasteiger partial charge in [-0.05, 0) is 42.7 Å². The van der Waals surface area contributed by atoms with Gasteiger partial charge in [0, 0.05) is 51.4 Å². The molecule has 1 atom stereocenters. The Morgan fingerprint density at radius 1 is 1.06 bits per heavy atom. The number of nitrogens with zero attached hydrogens (tertiary/aromatic N) is 3. The number of benzene rings is 1. The predicted molar refractivity (Wildman–Crippen MR) is 138 cm³/mol. The van der Waals surface area contributed by atoms with Crippen molar-refractivity contribution in [1.82, 2.24) is 20.0 Å². The van der Waals surface area contributed by atoms with E-state index in [0.29, 0.717) is 30.9 Å². The minimum Gasteiger partial charge on any atom is -0.463 e. The quantitative estimate of drug-likeness (QED) is 0.610. The van der Waals surface area contributed by atoms with Gasteiger partial charge in [0.2, 0.25) is 5.91 Å². The van der Waals surface area contributed by atoms with Crippen molar-refractivity contribution in [2.75, 3.05) is 46.4 Å². The van der Waals surface area contributed by atoms with E-state index in [-0.39, 0.29) is 29.9 Å². The first-order valence-electron chi connectivity index (χ1n) is 13.2. The Labute approximate surface area is 214 Å². The van der Waals surface area contributed by atoms with Gasteiger partial charge in [-0.3, -0.25) is 14.6 Å². The van der Waals surface area contributed by atoms with Crippen LogP contribution in [0.3, 0.4) is 0 Å².